The summed E-state index contributed by atoms with van der Waals surface area (Å²) in [6.45, 7) is 0.807. The van der Waals surface area contributed by atoms with Crippen LogP contribution in [0.1, 0.15) is 61.2 Å². The fourth-order valence-corrected chi connectivity index (χ4v) is 6.22. The van der Waals surface area contributed by atoms with Gasteiger partial charge in [0.1, 0.15) is 10.7 Å². The molecule has 0 saturated heterocycles. The molecule has 2 aromatic rings. The van der Waals surface area contributed by atoms with E-state index in [9.17, 15) is 9.59 Å². The van der Waals surface area contributed by atoms with E-state index < -0.39 is 0 Å². The number of carbonyl (C=O) groups excluding carboxylic acids is 1. The molecule has 2 N–H and O–H groups in total. The third-order valence-corrected chi connectivity index (χ3v) is 7.79. The molecule has 2 aromatic heterocycles. The number of H-pyrrole nitrogens is 1. The number of hydrogen-bond donors (Lipinski definition) is 2. The molecule has 5 nitrogen and oxygen atoms in total. The van der Waals surface area contributed by atoms with Crippen LogP contribution in [-0.4, -0.2) is 28.2 Å². The number of fused-ring (bicyclic) bond motifs is 3. The maximum Gasteiger partial charge on any atom is 0.259 e. The van der Waals surface area contributed by atoms with Crippen LogP contribution in [0, 0.1) is 5.92 Å². The van der Waals surface area contributed by atoms with Gasteiger partial charge >= 0.3 is 0 Å². The number of aryl methyl sites for hydroxylation is 2. The van der Waals surface area contributed by atoms with Crippen molar-refractivity contribution in [2.75, 3.05) is 12.3 Å². The average molecular weight is 406 g/mol. The molecule has 0 spiro atoms. The molecule has 27 heavy (non-hydrogen) atoms. The maximum absolute atomic E-state index is 12.5. The van der Waals surface area contributed by atoms with E-state index in [0.717, 1.165) is 36.0 Å². The number of carbonyl (C=O) groups is 1. The van der Waals surface area contributed by atoms with Crippen molar-refractivity contribution in [2.24, 2.45) is 5.92 Å². The first-order valence-corrected chi connectivity index (χ1v) is 12.1. The van der Waals surface area contributed by atoms with Crippen LogP contribution in [0.2, 0.25) is 0 Å². The van der Waals surface area contributed by atoms with Gasteiger partial charge in [-0.05, 0) is 50.0 Å². The van der Waals surface area contributed by atoms with Gasteiger partial charge in [-0.3, -0.25) is 9.59 Å². The fraction of sp³-hybridized carbons (Fsp3) is 0.650. The molecule has 7 heteroatoms. The van der Waals surface area contributed by atoms with Crippen molar-refractivity contribution in [2.45, 2.75) is 63.5 Å². The first-order chi connectivity index (χ1) is 13.2. The minimum Gasteiger partial charge on any atom is -0.355 e. The zero-order valence-electron chi connectivity index (χ0n) is 15.6. The second-order valence-corrected chi connectivity index (χ2v) is 9.77. The number of amides is 1. The monoisotopic (exact) mass is 405 g/mol. The van der Waals surface area contributed by atoms with Crippen molar-refractivity contribution in [3.63, 3.8) is 0 Å². The molecule has 1 fully saturated rings. The molecule has 1 saturated carbocycles. The van der Waals surface area contributed by atoms with Crippen molar-refractivity contribution in [1.29, 1.82) is 0 Å². The molecule has 0 atom stereocenters. The fourth-order valence-electron chi connectivity index (χ4n) is 4.22. The molecule has 2 aliphatic rings. The van der Waals surface area contributed by atoms with Crippen LogP contribution in [0.15, 0.2) is 4.79 Å². The molecule has 4 rings (SSSR count). The van der Waals surface area contributed by atoms with Crippen LogP contribution in [0.3, 0.4) is 0 Å². The van der Waals surface area contributed by atoms with Crippen molar-refractivity contribution < 1.29 is 4.79 Å². The smallest absolute Gasteiger partial charge is 0.259 e. The summed E-state index contributed by atoms with van der Waals surface area (Å²) in [5, 5.41) is 3.86. The lowest BCUT2D eigenvalue weighted by Gasteiger charge is -2.21. The third-order valence-electron chi connectivity index (χ3n) is 5.66. The van der Waals surface area contributed by atoms with E-state index in [1.165, 1.54) is 60.7 Å². The Bertz CT molecular complexity index is 868. The van der Waals surface area contributed by atoms with Gasteiger partial charge in [-0.2, -0.15) is 0 Å². The van der Waals surface area contributed by atoms with Crippen LogP contribution in [0.25, 0.3) is 10.2 Å². The minimum absolute atomic E-state index is 0.0169. The summed E-state index contributed by atoms with van der Waals surface area (Å²) in [6, 6.07) is 0. The molecule has 2 heterocycles. The Morgan fingerprint density at radius 3 is 2.85 bits per heavy atom. The maximum atomic E-state index is 12.5. The molecule has 0 unspecified atom stereocenters. The lowest BCUT2D eigenvalue weighted by atomic mass is 9.89. The van der Waals surface area contributed by atoms with Gasteiger partial charge < -0.3 is 10.3 Å². The van der Waals surface area contributed by atoms with Crippen molar-refractivity contribution in [1.82, 2.24) is 15.3 Å². The van der Waals surface area contributed by atoms with Gasteiger partial charge in [-0.1, -0.05) is 19.3 Å². The highest BCUT2D eigenvalue weighted by Gasteiger charge is 2.20. The number of aromatic nitrogens is 2. The van der Waals surface area contributed by atoms with Gasteiger partial charge in [0.2, 0.25) is 5.91 Å². The molecule has 0 aromatic carbocycles. The van der Waals surface area contributed by atoms with Gasteiger partial charge in [0.15, 0.2) is 0 Å². The SMILES string of the molecule is O=C(CSCc1nc2sc3c(c2c(=O)[nH]1)CCCC3)NCC1CCCCC1. The van der Waals surface area contributed by atoms with Gasteiger partial charge in [0, 0.05) is 11.4 Å². The Morgan fingerprint density at radius 2 is 2.00 bits per heavy atom. The van der Waals surface area contributed by atoms with Crippen LogP contribution in [0.4, 0.5) is 0 Å². The molecule has 2 aliphatic carbocycles. The van der Waals surface area contributed by atoms with Crippen molar-refractivity contribution in [3.05, 3.63) is 26.6 Å². The highest BCUT2D eigenvalue weighted by molar-refractivity contribution is 7.99. The third kappa shape index (κ3) is 4.57. The van der Waals surface area contributed by atoms with E-state index in [1.54, 1.807) is 11.3 Å². The van der Waals surface area contributed by atoms with E-state index in [1.807, 2.05) is 0 Å². The summed E-state index contributed by atoms with van der Waals surface area (Å²) in [5.74, 6) is 2.38. The summed E-state index contributed by atoms with van der Waals surface area (Å²) in [7, 11) is 0. The molecule has 0 aliphatic heterocycles. The Kier molecular flexibility index (Phi) is 6.18. The number of thiophene rings is 1. The average Bonchev–Trinajstić information content (AvgIpc) is 3.06. The Hall–Kier alpha value is -1.34. The molecule has 0 radical (unpaired) electrons. The lowest BCUT2D eigenvalue weighted by Crippen LogP contribution is -2.31. The van der Waals surface area contributed by atoms with E-state index in [4.69, 9.17) is 0 Å². The molecular weight excluding hydrogens is 378 g/mol. The number of hydrogen-bond acceptors (Lipinski definition) is 5. The normalized spacial score (nSPS) is 17.8. The standard InChI is InChI=1S/C20H27N3O2S2/c24-17(21-10-13-6-2-1-3-7-13)12-26-11-16-22-19(25)18-14-8-4-5-9-15(14)27-20(18)23-16/h13H,1-12H2,(H,21,24)(H,22,23,25). The van der Waals surface area contributed by atoms with Gasteiger partial charge in [-0.15, -0.1) is 23.1 Å². The predicted molar refractivity (Wildman–Crippen MR) is 113 cm³/mol. The first-order valence-electron chi connectivity index (χ1n) is 10.1. The number of thioether (sulfide) groups is 1. The van der Waals surface area contributed by atoms with Gasteiger partial charge in [0.25, 0.3) is 5.56 Å². The zero-order chi connectivity index (χ0) is 18.6. The number of aromatic amines is 1. The zero-order valence-corrected chi connectivity index (χ0v) is 17.3. The summed E-state index contributed by atoms with van der Waals surface area (Å²) < 4.78 is 0. The number of nitrogens with zero attached hydrogens (tertiary/aromatic N) is 1. The largest absolute Gasteiger partial charge is 0.355 e. The van der Waals surface area contributed by atoms with Crippen LogP contribution in [0.5, 0.6) is 0 Å². The quantitative estimate of drug-likeness (QED) is 0.767. The number of rotatable bonds is 6. The topological polar surface area (TPSA) is 74.8 Å². The summed E-state index contributed by atoms with van der Waals surface area (Å²) in [5.41, 5.74) is 1.20. The van der Waals surface area contributed by atoms with Crippen LogP contribution < -0.4 is 10.9 Å². The van der Waals surface area contributed by atoms with Gasteiger partial charge in [-0.25, -0.2) is 4.98 Å². The Morgan fingerprint density at radius 1 is 1.19 bits per heavy atom. The summed E-state index contributed by atoms with van der Waals surface area (Å²) in [6.07, 6.45) is 10.8. The lowest BCUT2D eigenvalue weighted by molar-refractivity contribution is -0.118. The highest BCUT2D eigenvalue weighted by Crippen LogP contribution is 2.33. The van der Waals surface area contributed by atoms with Crippen LogP contribution in [-0.2, 0) is 23.4 Å². The molecular formula is C20H27N3O2S2. The van der Waals surface area contributed by atoms with E-state index in [-0.39, 0.29) is 11.5 Å². The highest BCUT2D eigenvalue weighted by atomic mass is 32.2. The molecule has 0 bridgehead atoms. The second-order valence-electron chi connectivity index (χ2n) is 7.70. The Labute approximate surface area is 167 Å². The second kappa shape index (κ2) is 8.78. The first kappa shape index (κ1) is 19.0. The van der Waals surface area contributed by atoms with E-state index in [0.29, 0.717) is 23.2 Å². The molecule has 1 amide bonds. The van der Waals surface area contributed by atoms with E-state index >= 15 is 0 Å². The Balaban J connectivity index is 1.31. The van der Waals surface area contributed by atoms with Crippen molar-refractivity contribution >= 4 is 39.2 Å². The number of nitrogens with one attached hydrogen (secondary N) is 2. The van der Waals surface area contributed by atoms with Gasteiger partial charge in [0.05, 0.1) is 16.9 Å². The summed E-state index contributed by atoms with van der Waals surface area (Å²) in [4.78, 5) is 34.4. The predicted octanol–water partition coefficient (Wildman–Crippen LogP) is 3.79. The summed E-state index contributed by atoms with van der Waals surface area (Å²) >= 11 is 3.19. The van der Waals surface area contributed by atoms with Crippen LogP contribution >= 0.6 is 23.1 Å². The van der Waals surface area contributed by atoms with Crippen molar-refractivity contribution in [3.8, 4) is 0 Å². The molecule has 146 valence electrons. The minimum atomic E-state index is -0.0169. The van der Waals surface area contributed by atoms with E-state index in [2.05, 4.69) is 15.3 Å².